The van der Waals surface area contributed by atoms with Gasteiger partial charge in [0.2, 0.25) is 0 Å². The molecule has 0 aliphatic carbocycles. The maximum absolute atomic E-state index is 6.39. The number of benzene rings is 1. The van der Waals surface area contributed by atoms with Gasteiger partial charge in [-0.05, 0) is 24.0 Å². The van der Waals surface area contributed by atoms with Crippen LogP contribution in [0.3, 0.4) is 0 Å². The van der Waals surface area contributed by atoms with E-state index in [2.05, 4.69) is 38.2 Å². The first-order valence-electron chi connectivity index (χ1n) is 8.63. The van der Waals surface area contributed by atoms with E-state index in [1.165, 1.54) is 50.5 Å². The van der Waals surface area contributed by atoms with Crippen LogP contribution in [0.1, 0.15) is 77.2 Å². The normalized spacial score (nSPS) is 12.8. The number of halogens is 1. The van der Waals surface area contributed by atoms with E-state index in [0.717, 1.165) is 11.6 Å². The molecule has 0 aromatic heterocycles. The molecule has 1 N–H and O–H groups in total. The third-order valence-electron chi connectivity index (χ3n) is 4.02. The minimum absolute atomic E-state index is 0.527. The van der Waals surface area contributed by atoms with Crippen molar-refractivity contribution < 1.29 is 0 Å². The second-order valence-corrected chi connectivity index (χ2v) is 6.75. The highest BCUT2D eigenvalue weighted by molar-refractivity contribution is 6.31. The molecule has 120 valence electrons. The minimum Gasteiger partial charge on any atom is -0.314 e. The van der Waals surface area contributed by atoms with E-state index < -0.39 is 0 Å². The molecule has 0 aliphatic heterocycles. The van der Waals surface area contributed by atoms with E-state index in [1.54, 1.807) is 0 Å². The van der Waals surface area contributed by atoms with Crippen molar-refractivity contribution in [2.75, 3.05) is 6.54 Å². The molecule has 0 saturated carbocycles. The van der Waals surface area contributed by atoms with Crippen LogP contribution in [-0.4, -0.2) is 12.6 Å². The van der Waals surface area contributed by atoms with Gasteiger partial charge in [-0.25, -0.2) is 0 Å². The summed E-state index contributed by atoms with van der Waals surface area (Å²) in [6.07, 6.45) is 9.35. The molecular weight excluding hydrogens is 278 g/mol. The Morgan fingerprint density at radius 2 is 1.67 bits per heavy atom. The molecule has 2 heteroatoms. The van der Waals surface area contributed by atoms with E-state index >= 15 is 0 Å². The molecule has 0 fully saturated rings. The summed E-state index contributed by atoms with van der Waals surface area (Å²) in [5, 5.41) is 4.49. The van der Waals surface area contributed by atoms with Crippen LogP contribution in [0.25, 0.3) is 0 Å². The van der Waals surface area contributed by atoms with Crippen LogP contribution >= 0.6 is 11.6 Å². The summed E-state index contributed by atoms with van der Waals surface area (Å²) in [5.74, 6) is 0.535. The Kier molecular flexibility index (Phi) is 9.78. The molecule has 0 spiro atoms. The second-order valence-electron chi connectivity index (χ2n) is 6.34. The molecule has 1 rings (SSSR count). The molecule has 1 aromatic rings. The molecule has 1 aromatic carbocycles. The highest BCUT2D eigenvalue weighted by Gasteiger charge is 2.14. The summed E-state index contributed by atoms with van der Waals surface area (Å²) >= 11 is 6.39. The molecule has 0 saturated heterocycles. The molecule has 1 atom stereocenters. The zero-order valence-corrected chi connectivity index (χ0v) is 14.8. The Labute approximate surface area is 136 Å². The van der Waals surface area contributed by atoms with Gasteiger partial charge >= 0.3 is 0 Å². The van der Waals surface area contributed by atoms with Crippen molar-refractivity contribution in [1.29, 1.82) is 0 Å². The molecule has 1 nitrogen and oxygen atoms in total. The summed E-state index contributed by atoms with van der Waals surface area (Å²) in [5.41, 5.74) is 1.31. The topological polar surface area (TPSA) is 12.0 Å². The summed E-state index contributed by atoms with van der Waals surface area (Å²) < 4.78 is 0. The lowest BCUT2D eigenvalue weighted by molar-refractivity contribution is 0.482. The van der Waals surface area contributed by atoms with Crippen molar-refractivity contribution >= 4 is 11.6 Å². The number of unbranched alkanes of at least 4 members (excludes halogenated alkanes) is 5. The van der Waals surface area contributed by atoms with Gasteiger partial charge in [0.15, 0.2) is 0 Å². The maximum atomic E-state index is 6.39. The SMILES string of the molecule is CCCCCCCCC(CNC(C)C)c1ccccc1Cl. The van der Waals surface area contributed by atoms with Crippen LogP contribution in [0.5, 0.6) is 0 Å². The van der Waals surface area contributed by atoms with Gasteiger partial charge in [0.1, 0.15) is 0 Å². The van der Waals surface area contributed by atoms with E-state index in [0.29, 0.717) is 12.0 Å². The summed E-state index contributed by atoms with van der Waals surface area (Å²) in [6, 6.07) is 8.85. The Hall–Kier alpha value is -0.530. The van der Waals surface area contributed by atoms with Gasteiger partial charge in [-0.3, -0.25) is 0 Å². The minimum atomic E-state index is 0.527. The van der Waals surface area contributed by atoms with E-state index in [4.69, 9.17) is 11.6 Å². The van der Waals surface area contributed by atoms with Crippen molar-refractivity contribution in [3.63, 3.8) is 0 Å². The van der Waals surface area contributed by atoms with Crippen LogP contribution in [-0.2, 0) is 0 Å². The van der Waals surface area contributed by atoms with Crippen LogP contribution in [0.2, 0.25) is 5.02 Å². The van der Waals surface area contributed by atoms with Crippen LogP contribution in [0.15, 0.2) is 24.3 Å². The lowest BCUT2D eigenvalue weighted by Crippen LogP contribution is -2.28. The zero-order valence-electron chi connectivity index (χ0n) is 14.0. The predicted molar refractivity (Wildman–Crippen MR) is 95.3 cm³/mol. The molecular formula is C19H32ClN. The van der Waals surface area contributed by atoms with Crippen LogP contribution in [0.4, 0.5) is 0 Å². The summed E-state index contributed by atoms with van der Waals surface area (Å²) in [7, 11) is 0. The Morgan fingerprint density at radius 1 is 1.00 bits per heavy atom. The quantitative estimate of drug-likeness (QED) is 0.482. The second kappa shape index (κ2) is 11.1. The standard InChI is InChI=1S/C19H32ClN/c1-4-5-6-7-8-9-12-17(15-21-16(2)3)18-13-10-11-14-19(18)20/h10-11,13-14,16-17,21H,4-9,12,15H2,1-3H3. The van der Waals surface area contributed by atoms with Crippen molar-refractivity contribution in [2.45, 2.75) is 77.7 Å². The predicted octanol–water partition coefficient (Wildman–Crippen LogP) is 6.17. The summed E-state index contributed by atoms with van der Waals surface area (Å²) in [6.45, 7) is 7.70. The molecule has 21 heavy (non-hydrogen) atoms. The van der Waals surface area contributed by atoms with Gasteiger partial charge in [0.25, 0.3) is 0 Å². The van der Waals surface area contributed by atoms with Crippen molar-refractivity contribution in [3.05, 3.63) is 34.9 Å². The maximum Gasteiger partial charge on any atom is 0.0441 e. The fraction of sp³-hybridized carbons (Fsp3) is 0.684. The van der Waals surface area contributed by atoms with Crippen molar-refractivity contribution in [3.8, 4) is 0 Å². The fourth-order valence-electron chi connectivity index (χ4n) is 2.72. The van der Waals surface area contributed by atoms with Crippen molar-refractivity contribution in [2.24, 2.45) is 0 Å². The summed E-state index contributed by atoms with van der Waals surface area (Å²) in [4.78, 5) is 0. The third kappa shape index (κ3) is 7.87. The fourth-order valence-corrected chi connectivity index (χ4v) is 3.01. The van der Waals surface area contributed by atoms with E-state index in [1.807, 2.05) is 12.1 Å². The molecule has 0 amide bonds. The average Bonchev–Trinajstić information content (AvgIpc) is 2.46. The molecule has 0 heterocycles. The number of hydrogen-bond donors (Lipinski definition) is 1. The van der Waals surface area contributed by atoms with Crippen LogP contribution < -0.4 is 5.32 Å². The zero-order chi connectivity index (χ0) is 15.5. The molecule has 0 radical (unpaired) electrons. The largest absolute Gasteiger partial charge is 0.314 e. The highest BCUT2D eigenvalue weighted by atomic mass is 35.5. The van der Waals surface area contributed by atoms with Crippen LogP contribution in [0, 0.1) is 0 Å². The first kappa shape index (κ1) is 18.5. The van der Waals surface area contributed by atoms with E-state index in [-0.39, 0.29) is 0 Å². The number of rotatable bonds is 11. The van der Waals surface area contributed by atoms with Gasteiger partial charge < -0.3 is 5.32 Å². The van der Waals surface area contributed by atoms with Gasteiger partial charge in [0, 0.05) is 17.6 Å². The Morgan fingerprint density at radius 3 is 2.33 bits per heavy atom. The molecule has 1 unspecified atom stereocenters. The van der Waals surface area contributed by atoms with Gasteiger partial charge in [-0.1, -0.05) is 89.1 Å². The lowest BCUT2D eigenvalue weighted by Gasteiger charge is -2.21. The van der Waals surface area contributed by atoms with Gasteiger partial charge in [-0.2, -0.15) is 0 Å². The third-order valence-corrected chi connectivity index (χ3v) is 4.37. The van der Waals surface area contributed by atoms with Crippen molar-refractivity contribution in [1.82, 2.24) is 5.32 Å². The van der Waals surface area contributed by atoms with Gasteiger partial charge in [-0.15, -0.1) is 0 Å². The highest BCUT2D eigenvalue weighted by Crippen LogP contribution is 2.28. The first-order valence-corrected chi connectivity index (χ1v) is 9.00. The Balaban J connectivity index is 2.47. The number of nitrogens with one attached hydrogen (secondary N) is 1. The monoisotopic (exact) mass is 309 g/mol. The molecule has 0 bridgehead atoms. The number of hydrogen-bond acceptors (Lipinski definition) is 1. The lowest BCUT2D eigenvalue weighted by atomic mass is 9.92. The van der Waals surface area contributed by atoms with E-state index in [9.17, 15) is 0 Å². The van der Waals surface area contributed by atoms with Gasteiger partial charge in [0.05, 0.1) is 0 Å². The Bertz CT molecular complexity index is 376. The molecule has 0 aliphatic rings. The smallest absolute Gasteiger partial charge is 0.0441 e. The average molecular weight is 310 g/mol. The first-order chi connectivity index (χ1) is 10.1.